The lowest BCUT2D eigenvalue weighted by Gasteiger charge is -2.17. The summed E-state index contributed by atoms with van der Waals surface area (Å²) >= 11 is 0. The van der Waals surface area contributed by atoms with Gasteiger partial charge in [-0.15, -0.1) is 0 Å². The summed E-state index contributed by atoms with van der Waals surface area (Å²) in [5.74, 6) is 2.17. The average molecular weight is 592 g/mol. The molecule has 7 aromatic rings. The Morgan fingerprint density at radius 2 is 1.60 bits per heavy atom. The summed E-state index contributed by atoms with van der Waals surface area (Å²) < 4.78 is 18.9. The van der Waals surface area contributed by atoms with Crippen molar-refractivity contribution in [1.29, 1.82) is 0 Å². The van der Waals surface area contributed by atoms with E-state index in [1.807, 2.05) is 41.1 Å². The fraction of sp³-hybridized carbons (Fsp3) is 0.200. The van der Waals surface area contributed by atoms with Gasteiger partial charge in [0.2, 0.25) is 0 Å². The van der Waals surface area contributed by atoms with Crippen molar-refractivity contribution in [1.82, 2.24) is 19.3 Å². The normalized spacial score (nSPS) is 12.2. The largest absolute Gasteiger partial charge is 0.457 e. The van der Waals surface area contributed by atoms with Crippen molar-refractivity contribution in [2.24, 2.45) is 5.41 Å². The van der Waals surface area contributed by atoms with Crippen LogP contribution in [-0.4, -0.2) is 19.3 Å². The number of aryl methyl sites for hydroxylation is 2. The van der Waals surface area contributed by atoms with E-state index in [0.29, 0.717) is 11.9 Å². The summed E-state index contributed by atoms with van der Waals surface area (Å²) in [6.07, 6.45) is 3.83. The molecule has 0 unspecified atom stereocenters. The van der Waals surface area contributed by atoms with Crippen molar-refractivity contribution in [3.8, 4) is 34.1 Å². The SMILES string of the molecule is [2H]c1ccnc(-n2c3ccc(CCC(C)(C)C)cc3c3ccc(Oc4cccc(-n5nc(C)c(-c6ccccc6)c5C)c4)cc32)c1. The van der Waals surface area contributed by atoms with E-state index in [1.165, 1.54) is 10.9 Å². The Kier molecular flexibility index (Phi) is 6.94. The minimum atomic E-state index is 0.268. The number of nitrogens with zero attached hydrogens (tertiary/aromatic N) is 4. The third kappa shape index (κ3) is 5.62. The first-order valence-corrected chi connectivity index (χ1v) is 15.5. The van der Waals surface area contributed by atoms with Crippen molar-refractivity contribution in [2.45, 2.75) is 47.5 Å². The summed E-state index contributed by atoms with van der Waals surface area (Å²) in [5, 5.41) is 7.19. The van der Waals surface area contributed by atoms with Crippen LogP contribution in [0.15, 0.2) is 115 Å². The average Bonchev–Trinajstić information content (AvgIpc) is 3.52. The molecule has 0 saturated heterocycles. The van der Waals surface area contributed by atoms with Gasteiger partial charge in [-0.1, -0.05) is 69.3 Å². The molecule has 0 bridgehead atoms. The lowest BCUT2D eigenvalue weighted by atomic mass is 9.88. The predicted molar refractivity (Wildman–Crippen MR) is 185 cm³/mol. The molecule has 3 heterocycles. The van der Waals surface area contributed by atoms with Gasteiger partial charge in [0.05, 0.1) is 23.8 Å². The zero-order valence-electron chi connectivity index (χ0n) is 27.5. The van der Waals surface area contributed by atoms with Crippen LogP contribution in [0.5, 0.6) is 11.5 Å². The van der Waals surface area contributed by atoms with Gasteiger partial charge in [-0.05, 0) is 91.8 Å². The topological polar surface area (TPSA) is 44.9 Å². The molecule has 5 nitrogen and oxygen atoms in total. The second kappa shape index (κ2) is 11.4. The van der Waals surface area contributed by atoms with Crippen LogP contribution in [0, 0.1) is 19.3 Å². The number of hydrogen-bond donors (Lipinski definition) is 0. The van der Waals surface area contributed by atoms with Crippen LogP contribution >= 0.6 is 0 Å². The van der Waals surface area contributed by atoms with E-state index in [2.05, 4.69) is 105 Å². The summed E-state index contributed by atoms with van der Waals surface area (Å²) in [5.41, 5.74) is 8.95. The highest BCUT2D eigenvalue weighted by atomic mass is 16.5. The lowest BCUT2D eigenvalue weighted by molar-refractivity contribution is 0.378. The molecule has 0 aliphatic carbocycles. The first-order chi connectivity index (χ1) is 22.1. The Hall–Kier alpha value is -5.16. The van der Waals surface area contributed by atoms with Crippen LogP contribution in [0.4, 0.5) is 0 Å². The van der Waals surface area contributed by atoms with Gasteiger partial charge in [0.15, 0.2) is 0 Å². The molecule has 3 aromatic heterocycles. The Bertz CT molecular complexity index is 2210. The third-order valence-corrected chi connectivity index (χ3v) is 8.44. The zero-order chi connectivity index (χ0) is 32.0. The standard InChI is InChI=1S/C40H38N4O/c1-27-39(30-12-7-6-8-13-30)28(2)44(42-27)31-14-11-15-32(25-31)45-33-18-19-34-35-24-29(21-22-40(3,4)5)17-20-36(35)43(37(34)26-33)38-16-9-10-23-41-38/h6-20,23-26H,21-22H2,1-5H3/i9D. The van der Waals surface area contributed by atoms with Crippen molar-refractivity contribution in [3.05, 3.63) is 132 Å². The molecule has 5 heteroatoms. The minimum absolute atomic E-state index is 0.268. The van der Waals surface area contributed by atoms with Crippen LogP contribution in [0.2, 0.25) is 0 Å². The maximum Gasteiger partial charge on any atom is 0.137 e. The van der Waals surface area contributed by atoms with Gasteiger partial charge in [-0.3, -0.25) is 4.57 Å². The maximum absolute atomic E-state index is 8.28. The molecule has 0 spiro atoms. The molecule has 0 radical (unpaired) electrons. The van der Waals surface area contributed by atoms with Gasteiger partial charge >= 0.3 is 0 Å². The fourth-order valence-electron chi connectivity index (χ4n) is 6.20. The number of benzene rings is 4. The van der Waals surface area contributed by atoms with Gasteiger partial charge in [-0.25, -0.2) is 9.67 Å². The summed E-state index contributed by atoms with van der Waals surface area (Å²) in [6, 6.07) is 35.4. The van der Waals surface area contributed by atoms with E-state index in [9.17, 15) is 0 Å². The number of hydrogen-bond acceptors (Lipinski definition) is 3. The molecule has 0 aliphatic heterocycles. The number of pyridine rings is 1. The van der Waals surface area contributed by atoms with E-state index in [1.54, 1.807) is 12.3 Å². The quantitative estimate of drug-likeness (QED) is 0.185. The number of rotatable bonds is 7. The van der Waals surface area contributed by atoms with Gasteiger partial charge in [0, 0.05) is 40.4 Å². The maximum atomic E-state index is 8.28. The first kappa shape index (κ1) is 27.4. The van der Waals surface area contributed by atoms with Crippen LogP contribution in [-0.2, 0) is 6.42 Å². The van der Waals surface area contributed by atoms with Crippen LogP contribution in [0.25, 0.3) is 44.4 Å². The van der Waals surface area contributed by atoms with Crippen LogP contribution in [0.3, 0.4) is 0 Å². The summed E-state index contributed by atoms with van der Waals surface area (Å²) in [6.45, 7) is 11.0. The fourth-order valence-corrected chi connectivity index (χ4v) is 6.20. The molecule has 0 fully saturated rings. The van der Waals surface area contributed by atoms with Gasteiger partial charge in [0.1, 0.15) is 17.3 Å². The molecular formula is C40H38N4O. The Balaban J connectivity index is 1.28. The Morgan fingerprint density at radius 3 is 2.40 bits per heavy atom. The second-order valence-electron chi connectivity index (χ2n) is 13.0. The lowest BCUT2D eigenvalue weighted by Crippen LogP contribution is -2.06. The molecule has 0 N–H and O–H groups in total. The predicted octanol–water partition coefficient (Wildman–Crippen LogP) is 10.4. The molecule has 224 valence electrons. The monoisotopic (exact) mass is 591 g/mol. The Morgan fingerprint density at radius 1 is 0.778 bits per heavy atom. The molecule has 0 saturated carbocycles. The number of fused-ring (bicyclic) bond motifs is 3. The summed E-state index contributed by atoms with van der Waals surface area (Å²) in [4.78, 5) is 4.66. The van der Waals surface area contributed by atoms with Crippen molar-refractivity contribution in [3.63, 3.8) is 0 Å². The molecular weight excluding hydrogens is 552 g/mol. The minimum Gasteiger partial charge on any atom is -0.457 e. The van der Waals surface area contributed by atoms with Crippen LogP contribution < -0.4 is 4.74 Å². The van der Waals surface area contributed by atoms with Crippen molar-refractivity contribution in [2.75, 3.05) is 0 Å². The Labute approximate surface area is 266 Å². The highest BCUT2D eigenvalue weighted by Gasteiger charge is 2.18. The van der Waals surface area contributed by atoms with Gasteiger partial charge in [0.25, 0.3) is 0 Å². The second-order valence-corrected chi connectivity index (χ2v) is 13.0. The van der Waals surface area contributed by atoms with Crippen molar-refractivity contribution >= 4 is 21.8 Å². The van der Waals surface area contributed by atoms with Crippen molar-refractivity contribution < 1.29 is 6.11 Å². The molecule has 45 heavy (non-hydrogen) atoms. The highest BCUT2D eigenvalue weighted by molar-refractivity contribution is 6.09. The van der Waals surface area contributed by atoms with E-state index in [-0.39, 0.29) is 5.41 Å². The summed E-state index contributed by atoms with van der Waals surface area (Å²) in [7, 11) is 0. The molecule has 7 rings (SSSR count). The number of aromatic nitrogens is 4. The van der Waals surface area contributed by atoms with Crippen LogP contribution in [0.1, 0.15) is 45.5 Å². The number of ether oxygens (including phenoxy) is 1. The van der Waals surface area contributed by atoms with E-state index in [0.717, 1.165) is 69.0 Å². The van der Waals surface area contributed by atoms with Gasteiger partial charge in [-0.2, -0.15) is 5.10 Å². The molecule has 0 atom stereocenters. The molecule has 0 aliphatic rings. The van der Waals surface area contributed by atoms with E-state index < -0.39 is 0 Å². The third-order valence-electron chi connectivity index (χ3n) is 8.44. The first-order valence-electron chi connectivity index (χ1n) is 16.0. The smallest absolute Gasteiger partial charge is 0.137 e. The van der Waals surface area contributed by atoms with Gasteiger partial charge < -0.3 is 4.74 Å². The molecule has 0 amide bonds. The highest BCUT2D eigenvalue weighted by Crippen LogP contribution is 2.37. The van der Waals surface area contributed by atoms with E-state index in [4.69, 9.17) is 11.2 Å². The molecule has 4 aromatic carbocycles. The van der Waals surface area contributed by atoms with E-state index >= 15 is 0 Å². The zero-order valence-corrected chi connectivity index (χ0v) is 26.5.